The minimum absolute atomic E-state index is 0.0401. The number of hydrazine groups is 1. The van der Waals surface area contributed by atoms with Gasteiger partial charge in [-0.2, -0.15) is 0 Å². The third-order valence-corrected chi connectivity index (χ3v) is 2.74. The number of amides is 2. The number of likely N-dealkylation sites (tertiary alicyclic amines) is 1. The third-order valence-electron chi connectivity index (χ3n) is 2.74. The Balaban J connectivity index is 2.25. The molecule has 0 radical (unpaired) electrons. The Bertz CT molecular complexity index is 235. The van der Waals surface area contributed by atoms with Crippen molar-refractivity contribution in [2.24, 2.45) is 5.92 Å². The Morgan fingerprint density at radius 1 is 1.27 bits per heavy atom. The number of piperidine rings is 1. The molecule has 1 fully saturated rings. The number of hydrogen-bond acceptors (Lipinski definition) is 3. The van der Waals surface area contributed by atoms with Crippen molar-refractivity contribution in [3.63, 3.8) is 0 Å². The van der Waals surface area contributed by atoms with Crippen molar-refractivity contribution < 1.29 is 9.59 Å². The van der Waals surface area contributed by atoms with Gasteiger partial charge in [-0.15, -0.1) is 0 Å². The Labute approximate surface area is 90.2 Å². The van der Waals surface area contributed by atoms with Gasteiger partial charge in [0.15, 0.2) is 0 Å². The first kappa shape index (κ1) is 12.0. The SMILES string of the molecule is CCC(=O)NNC(=O)C1CCN(C)CC1. The lowest BCUT2D eigenvalue weighted by Gasteiger charge is -2.27. The van der Waals surface area contributed by atoms with Crippen molar-refractivity contribution in [3.8, 4) is 0 Å². The first-order chi connectivity index (χ1) is 7.13. The molecular weight excluding hydrogens is 194 g/mol. The predicted molar refractivity (Wildman–Crippen MR) is 56.8 cm³/mol. The zero-order chi connectivity index (χ0) is 11.3. The fourth-order valence-corrected chi connectivity index (χ4v) is 1.59. The number of nitrogens with zero attached hydrogens (tertiary/aromatic N) is 1. The smallest absolute Gasteiger partial charge is 0.241 e. The van der Waals surface area contributed by atoms with E-state index < -0.39 is 0 Å². The molecule has 2 amide bonds. The lowest BCUT2D eigenvalue weighted by molar-refractivity contribution is -0.132. The molecule has 0 aliphatic carbocycles. The summed E-state index contributed by atoms with van der Waals surface area (Å²) in [5, 5.41) is 0. The van der Waals surface area contributed by atoms with Crippen LogP contribution in [0.4, 0.5) is 0 Å². The van der Waals surface area contributed by atoms with Gasteiger partial charge in [0, 0.05) is 12.3 Å². The van der Waals surface area contributed by atoms with Crippen LogP contribution < -0.4 is 10.9 Å². The first-order valence-electron chi connectivity index (χ1n) is 5.40. The molecule has 2 N–H and O–H groups in total. The van der Waals surface area contributed by atoms with Crippen LogP contribution in [-0.4, -0.2) is 36.9 Å². The summed E-state index contributed by atoms with van der Waals surface area (Å²) >= 11 is 0. The van der Waals surface area contributed by atoms with Crippen LogP contribution in [0.2, 0.25) is 0 Å². The molecule has 0 aromatic carbocycles. The van der Waals surface area contributed by atoms with E-state index in [4.69, 9.17) is 0 Å². The van der Waals surface area contributed by atoms with Crippen molar-refractivity contribution in [1.82, 2.24) is 15.8 Å². The molecule has 0 spiro atoms. The summed E-state index contributed by atoms with van der Waals surface area (Å²) in [6, 6.07) is 0. The molecule has 86 valence electrons. The highest BCUT2D eigenvalue weighted by Gasteiger charge is 2.23. The number of carbonyl (C=O) groups is 2. The largest absolute Gasteiger partial charge is 0.306 e. The molecule has 5 heteroatoms. The zero-order valence-electron chi connectivity index (χ0n) is 9.38. The van der Waals surface area contributed by atoms with Crippen molar-refractivity contribution in [3.05, 3.63) is 0 Å². The highest BCUT2D eigenvalue weighted by Crippen LogP contribution is 2.15. The first-order valence-corrected chi connectivity index (χ1v) is 5.40. The average molecular weight is 213 g/mol. The molecule has 1 aliphatic rings. The minimum atomic E-state index is -0.156. The van der Waals surface area contributed by atoms with Gasteiger partial charge >= 0.3 is 0 Å². The molecule has 0 bridgehead atoms. The fraction of sp³-hybridized carbons (Fsp3) is 0.800. The van der Waals surface area contributed by atoms with Gasteiger partial charge in [0.1, 0.15) is 0 Å². The molecule has 1 rings (SSSR count). The summed E-state index contributed by atoms with van der Waals surface area (Å²) in [7, 11) is 2.05. The van der Waals surface area contributed by atoms with E-state index in [1.165, 1.54) is 0 Å². The van der Waals surface area contributed by atoms with Crippen LogP contribution in [0.15, 0.2) is 0 Å². The molecule has 0 atom stereocenters. The Kier molecular flexibility index (Phi) is 4.55. The number of nitrogens with one attached hydrogen (secondary N) is 2. The van der Waals surface area contributed by atoms with Gasteiger partial charge in [-0.1, -0.05) is 6.92 Å². The van der Waals surface area contributed by atoms with Crippen LogP contribution in [0.25, 0.3) is 0 Å². The van der Waals surface area contributed by atoms with E-state index >= 15 is 0 Å². The zero-order valence-corrected chi connectivity index (χ0v) is 9.38. The Morgan fingerprint density at radius 2 is 1.87 bits per heavy atom. The molecule has 0 aromatic heterocycles. The Hall–Kier alpha value is -1.10. The molecule has 1 heterocycles. The van der Waals surface area contributed by atoms with Gasteiger partial charge in [-0.25, -0.2) is 0 Å². The molecular formula is C10H19N3O2. The summed E-state index contributed by atoms with van der Waals surface area (Å²) in [6.07, 6.45) is 2.11. The average Bonchev–Trinajstić information content (AvgIpc) is 2.26. The maximum absolute atomic E-state index is 11.6. The van der Waals surface area contributed by atoms with E-state index in [1.54, 1.807) is 6.92 Å². The van der Waals surface area contributed by atoms with Crippen molar-refractivity contribution in [1.29, 1.82) is 0 Å². The summed E-state index contributed by atoms with van der Waals surface area (Å²) in [4.78, 5) is 24.7. The second-order valence-corrected chi connectivity index (χ2v) is 3.97. The maximum Gasteiger partial charge on any atom is 0.241 e. The molecule has 0 saturated carbocycles. The van der Waals surface area contributed by atoms with Gasteiger partial charge in [-0.05, 0) is 33.0 Å². The topological polar surface area (TPSA) is 61.4 Å². The van der Waals surface area contributed by atoms with E-state index in [1.807, 2.05) is 7.05 Å². The van der Waals surface area contributed by atoms with E-state index in [9.17, 15) is 9.59 Å². The second-order valence-electron chi connectivity index (χ2n) is 3.97. The number of carbonyl (C=O) groups excluding carboxylic acids is 2. The number of rotatable bonds is 2. The molecule has 15 heavy (non-hydrogen) atoms. The molecule has 1 saturated heterocycles. The van der Waals surface area contributed by atoms with Gasteiger partial charge in [0.2, 0.25) is 11.8 Å². The van der Waals surface area contributed by atoms with Crippen LogP contribution >= 0.6 is 0 Å². The van der Waals surface area contributed by atoms with Gasteiger partial charge in [-0.3, -0.25) is 20.4 Å². The minimum Gasteiger partial charge on any atom is -0.306 e. The summed E-state index contributed by atoms with van der Waals surface area (Å²) < 4.78 is 0. The number of hydrogen-bond donors (Lipinski definition) is 2. The van der Waals surface area contributed by atoms with Gasteiger partial charge in [0.25, 0.3) is 0 Å². The van der Waals surface area contributed by atoms with Crippen LogP contribution in [0.3, 0.4) is 0 Å². The molecule has 0 unspecified atom stereocenters. The van der Waals surface area contributed by atoms with Crippen LogP contribution in [0.1, 0.15) is 26.2 Å². The quantitative estimate of drug-likeness (QED) is 0.629. The van der Waals surface area contributed by atoms with Gasteiger partial charge < -0.3 is 4.90 Å². The molecule has 0 aromatic rings. The summed E-state index contributed by atoms with van der Waals surface area (Å²) in [5.41, 5.74) is 4.85. The monoisotopic (exact) mass is 213 g/mol. The van der Waals surface area contributed by atoms with E-state index in [2.05, 4.69) is 15.8 Å². The van der Waals surface area contributed by atoms with Crippen LogP contribution in [0.5, 0.6) is 0 Å². The molecule has 1 aliphatic heterocycles. The van der Waals surface area contributed by atoms with Crippen molar-refractivity contribution in [2.45, 2.75) is 26.2 Å². The highest BCUT2D eigenvalue weighted by atomic mass is 16.2. The molecule has 5 nitrogen and oxygen atoms in total. The third kappa shape index (κ3) is 3.87. The van der Waals surface area contributed by atoms with Crippen LogP contribution in [-0.2, 0) is 9.59 Å². The van der Waals surface area contributed by atoms with Crippen LogP contribution in [0, 0.1) is 5.92 Å². The maximum atomic E-state index is 11.6. The van der Waals surface area contributed by atoms with Crippen molar-refractivity contribution >= 4 is 11.8 Å². The second kappa shape index (κ2) is 5.70. The lowest BCUT2D eigenvalue weighted by Crippen LogP contribution is -2.46. The van der Waals surface area contributed by atoms with E-state index in [0.717, 1.165) is 25.9 Å². The van der Waals surface area contributed by atoms with Gasteiger partial charge in [0.05, 0.1) is 0 Å². The van der Waals surface area contributed by atoms with E-state index in [0.29, 0.717) is 6.42 Å². The Morgan fingerprint density at radius 3 is 2.40 bits per heavy atom. The van der Waals surface area contributed by atoms with Crippen molar-refractivity contribution in [2.75, 3.05) is 20.1 Å². The predicted octanol–water partition coefficient (Wildman–Crippen LogP) is -0.114. The lowest BCUT2D eigenvalue weighted by atomic mass is 9.97. The highest BCUT2D eigenvalue weighted by molar-refractivity contribution is 5.83. The fourth-order valence-electron chi connectivity index (χ4n) is 1.59. The summed E-state index contributed by atoms with van der Waals surface area (Å²) in [5.74, 6) is -0.181. The van der Waals surface area contributed by atoms with E-state index in [-0.39, 0.29) is 17.7 Å². The standard InChI is InChI=1S/C10H19N3O2/c1-3-9(14)11-12-10(15)8-4-6-13(2)7-5-8/h8H,3-7H2,1-2H3,(H,11,14)(H,12,15). The summed E-state index contributed by atoms with van der Waals surface area (Å²) in [6.45, 7) is 3.64. The normalized spacial score (nSPS) is 18.5.